The third-order valence-electron chi connectivity index (χ3n) is 4.21. The molecule has 0 saturated carbocycles. The molecule has 0 bridgehead atoms. The second kappa shape index (κ2) is 8.45. The van der Waals surface area contributed by atoms with Gasteiger partial charge in [0.05, 0.1) is 23.8 Å². The van der Waals surface area contributed by atoms with Gasteiger partial charge in [-0.2, -0.15) is 0 Å². The number of nitrogens with one attached hydrogen (secondary N) is 1. The summed E-state index contributed by atoms with van der Waals surface area (Å²) in [6.07, 6.45) is 7.96. The molecule has 0 aromatic heterocycles. The number of rotatable bonds is 6. The van der Waals surface area contributed by atoms with E-state index >= 15 is 0 Å². The molecule has 1 aliphatic heterocycles. The third-order valence-corrected chi connectivity index (χ3v) is 4.82. The Bertz CT molecular complexity index is 879. The van der Waals surface area contributed by atoms with Crippen LogP contribution in [0.1, 0.15) is 12.8 Å². The van der Waals surface area contributed by atoms with Gasteiger partial charge in [0.1, 0.15) is 5.75 Å². The van der Waals surface area contributed by atoms with Crippen LogP contribution in [-0.2, 0) is 9.59 Å². The number of benzene rings is 1. The molecule has 0 spiro atoms. The number of carbonyl (C=O) groups is 2. The fraction of sp³-hybridized carbons (Fsp3) is 0.263. The lowest BCUT2D eigenvalue weighted by Crippen LogP contribution is -2.46. The van der Waals surface area contributed by atoms with Crippen molar-refractivity contribution in [3.8, 4) is 5.75 Å². The average Bonchev–Trinajstić information content (AvgIpc) is 2.64. The van der Waals surface area contributed by atoms with E-state index in [1.165, 1.54) is 12.0 Å². The summed E-state index contributed by atoms with van der Waals surface area (Å²) in [6.45, 7) is 0.347. The summed E-state index contributed by atoms with van der Waals surface area (Å²) in [7, 11) is 1.53. The van der Waals surface area contributed by atoms with Gasteiger partial charge in [-0.1, -0.05) is 29.8 Å². The summed E-state index contributed by atoms with van der Waals surface area (Å²) < 4.78 is 5.08. The molecule has 1 aromatic rings. The van der Waals surface area contributed by atoms with Crippen LogP contribution in [0, 0.1) is 5.92 Å². The van der Waals surface area contributed by atoms with Crippen LogP contribution in [0.4, 0.5) is 5.69 Å². The van der Waals surface area contributed by atoms with Crippen molar-refractivity contribution in [2.75, 3.05) is 19.0 Å². The number of hydrogen-bond donors (Lipinski definition) is 1. The SMILES string of the molecule is COc1ccc(NC(=O)CCCN2C(=O)C3C=CC=CC3=NC2=S)cc1Cl. The molecular formula is C19H18ClN3O3S. The summed E-state index contributed by atoms with van der Waals surface area (Å²) in [5.41, 5.74) is 1.25. The second-order valence-electron chi connectivity index (χ2n) is 6.03. The average molecular weight is 404 g/mol. The van der Waals surface area contributed by atoms with Gasteiger partial charge in [0.25, 0.3) is 0 Å². The molecule has 1 unspecified atom stereocenters. The summed E-state index contributed by atoms with van der Waals surface area (Å²) >= 11 is 11.3. The van der Waals surface area contributed by atoms with Crippen LogP contribution >= 0.6 is 23.8 Å². The number of allylic oxidation sites excluding steroid dienone is 3. The zero-order chi connectivity index (χ0) is 19.4. The van der Waals surface area contributed by atoms with E-state index in [-0.39, 0.29) is 23.3 Å². The molecule has 0 fully saturated rings. The van der Waals surface area contributed by atoms with Crippen LogP contribution in [0.15, 0.2) is 47.5 Å². The number of fused-ring (bicyclic) bond motifs is 1. The van der Waals surface area contributed by atoms with Gasteiger partial charge in [-0.05, 0) is 42.9 Å². The number of aliphatic imine (C=N–C) groups is 1. The van der Waals surface area contributed by atoms with Crippen LogP contribution in [-0.4, -0.2) is 41.2 Å². The zero-order valence-electron chi connectivity index (χ0n) is 14.6. The first-order chi connectivity index (χ1) is 13.0. The van der Waals surface area contributed by atoms with Crippen molar-refractivity contribution in [1.82, 2.24) is 4.90 Å². The van der Waals surface area contributed by atoms with Crippen LogP contribution in [0.3, 0.4) is 0 Å². The molecule has 1 aromatic carbocycles. The van der Waals surface area contributed by atoms with Crippen LogP contribution in [0.25, 0.3) is 0 Å². The number of methoxy groups -OCH3 is 1. The standard InChI is InChI=1S/C19H18ClN3O3S/c1-26-16-9-8-12(11-14(16)20)21-17(24)7-4-10-23-18(25)13-5-2-3-6-15(13)22-19(23)27/h2-3,5-6,8-9,11,13H,4,7,10H2,1H3,(H,21,24). The molecule has 0 radical (unpaired) electrons. The molecule has 27 heavy (non-hydrogen) atoms. The van der Waals surface area contributed by atoms with Crippen molar-refractivity contribution < 1.29 is 14.3 Å². The lowest BCUT2D eigenvalue weighted by molar-refractivity contribution is -0.128. The van der Waals surface area contributed by atoms with Gasteiger partial charge in [0, 0.05) is 18.7 Å². The Kier molecular flexibility index (Phi) is 6.03. The highest BCUT2D eigenvalue weighted by molar-refractivity contribution is 7.80. The Labute approximate surface area is 167 Å². The predicted octanol–water partition coefficient (Wildman–Crippen LogP) is 3.38. The van der Waals surface area contributed by atoms with Gasteiger partial charge in [0.2, 0.25) is 16.9 Å². The zero-order valence-corrected chi connectivity index (χ0v) is 16.2. The van der Waals surface area contributed by atoms with Gasteiger partial charge in [0.15, 0.2) is 0 Å². The molecule has 3 rings (SSSR count). The van der Waals surface area contributed by atoms with E-state index in [1.54, 1.807) is 30.4 Å². The summed E-state index contributed by atoms with van der Waals surface area (Å²) in [6, 6.07) is 5.02. The molecule has 1 aliphatic carbocycles. The monoisotopic (exact) mass is 403 g/mol. The number of thiocarbonyl (C=S) groups is 1. The molecule has 0 saturated heterocycles. The van der Waals surface area contributed by atoms with Gasteiger partial charge in [-0.25, -0.2) is 4.99 Å². The number of nitrogens with zero attached hydrogens (tertiary/aromatic N) is 2. The molecule has 1 N–H and O–H groups in total. The highest BCUT2D eigenvalue weighted by Gasteiger charge is 2.33. The first-order valence-electron chi connectivity index (χ1n) is 8.42. The Balaban J connectivity index is 1.53. The topological polar surface area (TPSA) is 71.0 Å². The summed E-state index contributed by atoms with van der Waals surface area (Å²) in [5, 5.41) is 3.44. The third kappa shape index (κ3) is 4.43. The highest BCUT2D eigenvalue weighted by atomic mass is 35.5. The van der Waals surface area contributed by atoms with Crippen molar-refractivity contribution in [1.29, 1.82) is 0 Å². The molecule has 8 heteroatoms. The Morgan fingerprint density at radius 2 is 2.22 bits per heavy atom. The van der Waals surface area contributed by atoms with Gasteiger partial charge < -0.3 is 10.1 Å². The van der Waals surface area contributed by atoms with E-state index in [2.05, 4.69) is 10.3 Å². The molecule has 6 nitrogen and oxygen atoms in total. The Morgan fingerprint density at radius 1 is 1.41 bits per heavy atom. The van der Waals surface area contributed by atoms with E-state index in [0.29, 0.717) is 35.1 Å². The van der Waals surface area contributed by atoms with Crippen molar-refractivity contribution in [2.24, 2.45) is 10.9 Å². The molecule has 140 valence electrons. The van der Waals surface area contributed by atoms with Crippen molar-refractivity contribution in [3.05, 3.63) is 47.5 Å². The number of amides is 2. The molecule has 2 aliphatic rings. The van der Waals surface area contributed by atoms with E-state index in [4.69, 9.17) is 28.6 Å². The van der Waals surface area contributed by atoms with E-state index in [1.807, 2.05) is 12.2 Å². The smallest absolute Gasteiger partial charge is 0.241 e. The van der Waals surface area contributed by atoms with Crippen molar-refractivity contribution >= 4 is 52.1 Å². The number of ether oxygens (including phenoxy) is 1. The number of halogens is 1. The largest absolute Gasteiger partial charge is 0.495 e. The minimum absolute atomic E-state index is 0.104. The van der Waals surface area contributed by atoms with Gasteiger partial charge in [-0.3, -0.25) is 14.5 Å². The van der Waals surface area contributed by atoms with Crippen molar-refractivity contribution in [3.63, 3.8) is 0 Å². The summed E-state index contributed by atoms with van der Waals surface area (Å²) in [5.74, 6) is -0.125. The second-order valence-corrected chi connectivity index (χ2v) is 6.80. The lowest BCUT2D eigenvalue weighted by Gasteiger charge is -2.30. The summed E-state index contributed by atoms with van der Waals surface area (Å²) in [4.78, 5) is 30.5. The van der Waals surface area contributed by atoms with Crippen LogP contribution in [0.2, 0.25) is 5.02 Å². The fourth-order valence-corrected chi connectivity index (χ4v) is 3.40. The van der Waals surface area contributed by atoms with Gasteiger partial charge in [-0.15, -0.1) is 0 Å². The lowest BCUT2D eigenvalue weighted by atomic mass is 9.95. The molecular weight excluding hydrogens is 386 g/mol. The minimum atomic E-state index is -0.392. The predicted molar refractivity (Wildman–Crippen MR) is 109 cm³/mol. The maximum Gasteiger partial charge on any atom is 0.241 e. The molecule has 1 atom stereocenters. The first kappa shape index (κ1) is 19.3. The van der Waals surface area contributed by atoms with Crippen molar-refractivity contribution in [2.45, 2.75) is 12.8 Å². The molecule has 1 heterocycles. The maximum absolute atomic E-state index is 12.6. The maximum atomic E-state index is 12.6. The quantitative estimate of drug-likeness (QED) is 0.739. The number of hydrogen-bond acceptors (Lipinski definition) is 4. The Hall–Kier alpha value is -2.51. The number of carbonyl (C=O) groups excluding carboxylic acids is 2. The van der Waals surface area contributed by atoms with E-state index in [0.717, 1.165) is 0 Å². The minimum Gasteiger partial charge on any atom is -0.495 e. The Morgan fingerprint density at radius 3 is 2.96 bits per heavy atom. The fourth-order valence-electron chi connectivity index (χ4n) is 2.85. The van der Waals surface area contributed by atoms with Crippen LogP contribution < -0.4 is 10.1 Å². The normalized spacial score (nSPS) is 18.2. The van der Waals surface area contributed by atoms with E-state index < -0.39 is 5.92 Å². The highest BCUT2D eigenvalue weighted by Crippen LogP contribution is 2.27. The molecule has 2 amide bonds. The first-order valence-corrected chi connectivity index (χ1v) is 9.20. The van der Waals surface area contributed by atoms with Crippen LogP contribution in [0.5, 0.6) is 5.75 Å². The number of anilines is 1. The van der Waals surface area contributed by atoms with E-state index in [9.17, 15) is 9.59 Å². The van der Waals surface area contributed by atoms with Gasteiger partial charge >= 0.3 is 0 Å².